The van der Waals surface area contributed by atoms with Gasteiger partial charge < -0.3 is 15.0 Å². The second kappa shape index (κ2) is 8.86. The molecule has 1 N–H and O–H groups in total. The number of anilines is 1. The number of halogens is 1. The SMILES string of the molecule is Cn1ncc2cccc(-c3ccc4c(N5CC6CCC(C5)N6)nc(OC[C@@]56CCCN5C[C@H](F)C6)nc4c3)c21. The summed E-state index contributed by atoms with van der Waals surface area (Å²) in [7, 11) is 1.98. The normalized spacial score (nSPS) is 28.6. The van der Waals surface area contributed by atoms with Crippen LogP contribution >= 0.6 is 0 Å². The molecule has 0 radical (unpaired) electrons. The Morgan fingerprint density at radius 2 is 1.97 bits per heavy atom. The molecule has 2 aromatic heterocycles. The highest BCUT2D eigenvalue weighted by Crippen LogP contribution is 2.41. The summed E-state index contributed by atoms with van der Waals surface area (Å²) in [5, 5.41) is 10.4. The van der Waals surface area contributed by atoms with Crippen molar-refractivity contribution in [3.63, 3.8) is 0 Å². The molecule has 4 fully saturated rings. The standard InChI is InChI=1S/C30H34FN7O/c1-36-27-20(14-32-36)4-2-5-24(27)19-6-9-25-26(12-19)34-29(35-28(25)37-16-22-7-8-23(17-37)33-22)39-18-30-10-3-11-38(30)15-21(31)13-30/h2,4-6,9,12,14,21-23,33H,3,7-8,10-11,13,15-18H2,1H3/t21-,22?,23?,30+/m1/s1. The minimum Gasteiger partial charge on any atom is -0.461 e. The predicted molar refractivity (Wildman–Crippen MR) is 150 cm³/mol. The fraction of sp³-hybridized carbons (Fsp3) is 0.500. The zero-order chi connectivity index (χ0) is 26.1. The lowest BCUT2D eigenvalue weighted by atomic mass is 9.95. The summed E-state index contributed by atoms with van der Waals surface area (Å²) in [6.07, 6.45) is 6.12. The Hall–Kier alpha value is -3.30. The summed E-state index contributed by atoms with van der Waals surface area (Å²) in [6.45, 7) is 3.75. The van der Waals surface area contributed by atoms with Crippen LogP contribution in [0.2, 0.25) is 0 Å². The van der Waals surface area contributed by atoms with Gasteiger partial charge in [-0.2, -0.15) is 15.1 Å². The molecule has 0 saturated carbocycles. The van der Waals surface area contributed by atoms with E-state index in [9.17, 15) is 4.39 Å². The van der Waals surface area contributed by atoms with Crippen LogP contribution in [-0.2, 0) is 7.05 Å². The number of aryl methyl sites for hydroxylation is 1. The molecular formula is C30H34FN7O. The number of para-hydroxylation sites is 1. The fourth-order valence-corrected chi connectivity index (χ4v) is 7.65. The van der Waals surface area contributed by atoms with Gasteiger partial charge in [0.15, 0.2) is 0 Å². The van der Waals surface area contributed by atoms with Gasteiger partial charge in [0.05, 0.1) is 22.8 Å². The Bertz CT molecular complexity index is 1560. The number of nitrogens with zero attached hydrogens (tertiary/aromatic N) is 6. The molecule has 4 atom stereocenters. The van der Waals surface area contributed by atoms with Crippen molar-refractivity contribution < 1.29 is 9.13 Å². The predicted octanol–water partition coefficient (Wildman–Crippen LogP) is 4.08. The van der Waals surface area contributed by atoms with Crippen molar-refractivity contribution in [3.05, 3.63) is 42.6 Å². The number of piperazine rings is 1. The molecule has 2 bridgehead atoms. The van der Waals surface area contributed by atoms with Gasteiger partial charge >= 0.3 is 6.01 Å². The van der Waals surface area contributed by atoms with Crippen molar-refractivity contribution in [2.75, 3.05) is 37.7 Å². The monoisotopic (exact) mass is 527 g/mol. The van der Waals surface area contributed by atoms with Crippen molar-refractivity contribution in [2.45, 2.75) is 55.9 Å². The summed E-state index contributed by atoms with van der Waals surface area (Å²) in [5.41, 5.74) is 3.95. The smallest absolute Gasteiger partial charge is 0.319 e. The molecule has 8 rings (SSSR count). The quantitative estimate of drug-likeness (QED) is 0.419. The third-order valence-corrected chi connectivity index (χ3v) is 9.48. The van der Waals surface area contributed by atoms with E-state index in [-0.39, 0.29) is 5.54 Å². The van der Waals surface area contributed by atoms with Gasteiger partial charge in [0, 0.05) is 61.5 Å². The average molecular weight is 528 g/mol. The maximum atomic E-state index is 14.4. The molecule has 9 heteroatoms. The van der Waals surface area contributed by atoms with E-state index >= 15 is 0 Å². The van der Waals surface area contributed by atoms with E-state index in [1.807, 2.05) is 17.9 Å². The number of hydrogen-bond acceptors (Lipinski definition) is 7. The molecule has 6 heterocycles. The van der Waals surface area contributed by atoms with Crippen LogP contribution < -0.4 is 15.0 Å². The first kappa shape index (κ1) is 23.6. The van der Waals surface area contributed by atoms with E-state index < -0.39 is 6.17 Å². The van der Waals surface area contributed by atoms with Crippen molar-refractivity contribution >= 4 is 27.6 Å². The van der Waals surface area contributed by atoms with E-state index in [1.54, 1.807) is 0 Å². The Morgan fingerprint density at radius 3 is 2.85 bits per heavy atom. The maximum absolute atomic E-state index is 14.4. The molecule has 4 aliphatic heterocycles. The highest BCUT2D eigenvalue weighted by atomic mass is 19.1. The van der Waals surface area contributed by atoms with Gasteiger partial charge in [-0.05, 0) is 49.9 Å². The van der Waals surface area contributed by atoms with Gasteiger partial charge in [0.25, 0.3) is 0 Å². The van der Waals surface area contributed by atoms with E-state index in [2.05, 4.69) is 56.6 Å². The molecule has 0 aliphatic carbocycles. The van der Waals surface area contributed by atoms with Crippen LogP contribution in [0.1, 0.15) is 32.1 Å². The van der Waals surface area contributed by atoms with Gasteiger partial charge in [-0.15, -0.1) is 0 Å². The number of alkyl halides is 1. The molecule has 202 valence electrons. The summed E-state index contributed by atoms with van der Waals surface area (Å²) < 4.78 is 22.7. The molecular weight excluding hydrogens is 493 g/mol. The second-order valence-electron chi connectivity index (χ2n) is 12.0. The van der Waals surface area contributed by atoms with E-state index in [0.717, 1.165) is 71.2 Å². The minimum atomic E-state index is -0.782. The molecule has 4 aromatic rings. The molecule has 2 aromatic carbocycles. The van der Waals surface area contributed by atoms with Crippen molar-refractivity contribution in [2.24, 2.45) is 7.05 Å². The average Bonchev–Trinajstić information content (AvgIpc) is 3.69. The lowest BCUT2D eigenvalue weighted by Crippen LogP contribution is -2.51. The zero-order valence-corrected chi connectivity index (χ0v) is 22.3. The Labute approximate surface area is 227 Å². The van der Waals surface area contributed by atoms with Gasteiger partial charge in [-0.3, -0.25) is 9.58 Å². The molecule has 4 aliphatic rings. The van der Waals surface area contributed by atoms with Crippen LogP contribution in [0.25, 0.3) is 32.9 Å². The largest absolute Gasteiger partial charge is 0.461 e. The highest BCUT2D eigenvalue weighted by Gasteiger charge is 2.49. The van der Waals surface area contributed by atoms with E-state index in [1.165, 1.54) is 12.8 Å². The van der Waals surface area contributed by atoms with Crippen molar-refractivity contribution in [3.8, 4) is 17.1 Å². The molecule has 8 nitrogen and oxygen atoms in total. The van der Waals surface area contributed by atoms with Gasteiger partial charge in [0.2, 0.25) is 0 Å². The van der Waals surface area contributed by atoms with Gasteiger partial charge in [0.1, 0.15) is 18.6 Å². The second-order valence-corrected chi connectivity index (χ2v) is 12.0. The van der Waals surface area contributed by atoms with Crippen LogP contribution in [-0.4, -0.2) is 81.2 Å². The lowest BCUT2D eigenvalue weighted by Gasteiger charge is -2.34. The maximum Gasteiger partial charge on any atom is 0.319 e. The Balaban J connectivity index is 1.21. The third-order valence-electron chi connectivity index (χ3n) is 9.48. The number of benzene rings is 2. The van der Waals surface area contributed by atoms with Crippen molar-refractivity contribution in [1.29, 1.82) is 0 Å². The van der Waals surface area contributed by atoms with E-state index in [0.29, 0.717) is 37.7 Å². The molecule has 2 unspecified atom stereocenters. The van der Waals surface area contributed by atoms with Crippen molar-refractivity contribution in [1.82, 2.24) is 30.0 Å². The first-order chi connectivity index (χ1) is 19.0. The summed E-state index contributed by atoms with van der Waals surface area (Å²) in [4.78, 5) is 14.6. The number of ether oxygens (including phenoxy) is 1. The van der Waals surface area contributed by atoms with Crippen LogP contribution in [0.15, 0.2) is 42.6 Å². The van der Waals surface area contributed by atoms with Gasteiger partial charge in [-0.1, -0.05) is 24.3 Å². The number of aromatic nitrogens is 4. The summed E-state index contributed by atoms with van der Waals surface area (Å²) in [5.74, 6) is 0.939. The molecule has 4 saturated heterocycles. The Morgan fingerprint density at radius 1 is 1.10 bits per heavy atom. The van der Waals surface area contributed by atoms with Gasteiger partial charge in [-0.25, -0.2) is 4.39 Å². The zero-order valence-electron chi connectivity index (χ0n) is 22.3. The Kier molecular flexibility index (Phi) is 5.35. The fourth-order valence-electron chi connectivity index (χ4n) is 7.65. The van der Waals surface area contributed by atoms with Crippen LogP contribution in [0, 0.1) is 0 Å². The number of rotatable bonds is 5. The van der Waals surface area contributed by atoms with Crippen LogP contribution in [0.3, 0.4) is 0 Å². The number of fused-ring (bicyclic) bond motifs is 5. The number of nitrogens with one attached hydrogen (secondary N) is 1. The first-order valence-corrected chi connectivity index (χ1v) is 14.3. The summed E-state index contributed by atoms with van der Waals surface area (Å²) >= 11 is 0. The van der Waals surface area contributed by atoms with Crippen LogP contribution in [0.5, 0.6) is 6.01 Å². The molecule has 39 heavy (non-hydrogen) atoms. The minimum absolute atomic E-state index is 0.233. The van der Waals surface area contributed by atoms with Crippen LogP contribution in [0.4, 0.5) is 10.2 Å². The highest BCUT2D eigenvalue weighted by molar-refractivity contribution is 5.98. The first-order valence-electron chi connectivity index (χ1n) is 14.3. The van der Waals surface area contributed by atoms with E-state index in [4.69, 9.17) is 14.7 Å². The molecule has 0 amide bonds. The number of hydrogen-bond donors (Lipinski definition) is 1. The third kappa shape index (κ3) is 3.89. The topological polar surface area (TPSA) is 71.3 Å². The molecule has 0 spiro atoms. The lowest BCUT2D eigenvalue weighted by molar-refractivity contribution is 0.107. The summed E-state index contributed by atoms with van der Waals surface area (Å²) in [6, 6.07) is 14.2.